The summed E-state index contributed by atoms with van der Waals surface area (Å²) in [6.07, 6.45) is 8.72. The minimum Gasteiger partial charge on any atom is -0.326 e. The fraction of sp³-hybridized carbons (Fsp3) is 0.692. The molecule has 2 N–H and O–H groups in total. The van der Waals surface area contributed by atoms with Crippen molar-refractivity contribution in [1.29, 1.82) is 0 Å². The lowest BCUT2D eigenvalue weighted by atomic mass is 9.73. The van der Waals surface area contributed by atoms with E-state index >= 15 is 0 Å². The number of nitrogens with zero attached hydrogens (tertiary/aromatic N) is 2. The summed E-state index contributed by atoms with van der Waals surface area (Å²) < 4.78 is 0. The van der Waals surface area contributed by atoms with Gasteiger partial charge in [-0.3, -0.25) is 0 Å². The topological polar surface area (TPSA) is 51.8 Å². The van der Waals surface area contributed by atoms with E-state index in [-0.39, 0.29) is 0 Å². The zero-order valence-electron chi connectivity index (χ0n) is 10.2. The van der Waals surface area contributed by atoms with Crippen LogP contribution in [0.3, 0.4) is 0 Å². The summed E-state index contributed by atoms with van der Waals surface area (Å²) in [5.74, 6) is 1.56. The van der Waals surface area contributed by atoms with E-state index in [1.807, 2.05) is 12.4 Å². The maximum Gasteiger partial charge on any atom is 0.131 e. The van der Waals surface area contributed by atoms with Crippen molar-refractivity contribution in [2.45, 2.75) is 52.0 Å². The van der Waals surface area contributed by atoms with Crippen LogP contribution in [0.25, 0.3) is 0 Å². The lowest BCUT2D eigenvalue weighted by Gasteiger charge is -2.33. The molecule has 3 nitrogen and oxygen atoms in total. The third kappa shape index (κ3) is 2.59. The van der Waals surface area contributed by atoms with Crippen LogP contribution in [0.4, 0.5) is 0 Å². The first-order chi connectivity index (χ1) is 7.61. The number of hydrogen-bond donors (Lipinski definition) is 1. The van der Waals surface area contributed by atoms with Crippen molar-refractivity contribution in [3.8, 4) is 0 Å². The third-order valence-electron chi connectivity index (χ3n) is 3.67. The zero-order chi connectivity index (χ0) is 11.6. The molecule has 1 heterocycles. The first-order valence-corrected chi connectivity index (χ1v) is 6.12. The molecule has 1 aromatic rings. The quantitative estimate of drug-likeness (QED) is 0.832. The summed E-state index contributed by atoms with van der Waals surface area (Å²) in [4.78, 5) is 8.86. The van der Waals surface area contributed by atoms with Gasteiger partial charge in [0, 0.05) is 30.4 Å². The number of nitrogens with two attached hydrogens (primary N) is 1. The van der Waals surface area contributed by atoms with E-state index in [1.165, 1.54) is 25.7 Å². The molecule has 0 bridgehead atoms. The highest BCUT2D eigenvalue weighted by atomic mass is 14.9. The van der Waals surface area contributed by atoms with Crippen LogP contribution in [0.15, 0.2) is 12.4 Å². The van der Waals surface area contributed by atoms with Gasteiger partial charge in [-0.15, -0.1) is 0 Å². The van der Waals surface area contributed by atoms with Gasteiger partial charge in [0.05, 0.1) is 0 Å². The molecule has 0 unspecified atom stereocenters. The summed E-state index contributed by atoms with van der Waals surface area (Å²) in [5.41, 5.74) is 7.06. The van der Waals surface area contributed by atoms with E-state index in [9.17, 15) is 0 Å². The maximum absolute atomic E-state index is 5.53. The van der Waals surface area contributed by atoms with Crippen LogP contribution in [0.2, 0.25) is 0 Å². The average Bonchev–Trinajstić information content (AvgIpc) is 2.29. The molecule has 3 heteroatoms. The van der Waals surface area contributed by atoms with Gasteiger partial charge in [-0.1, -0.05) is 13.8 Å². The van der Waals surface area contributed by atoms with Gasteiger partial charge in [-0.25, -0.2) is 9.97 Å². The van der Waals surface area contributed by atoms with Gasteiger partial charge < -0.3 is 5.73 Å². The predicted octanol–water partition coefficient (Wildman–Crippen LogP) is 2.62. The van der Waals surface area contributed by atoms with Gasteiger partial charge in [0.1, 0.15) is 5.82 Å². The second kappa shape index (κ2) is 4.50. The van der Waals surface area contributed by atoms with E-state index in [1.54, 1.807) is 0 Å². The number of aromatic nitrogens is 2. The smallest absolute Gasteiger partial charge is 0.131 e. The molecule has 0 saturated heterocycles. The highest BCUT2D eigenvalue weighted by Crippen LogP contribution is 2.41. The van der Waals surface area contributed by atoms with Crippen LogP contribution in [0, 0.1) is 5.41 Å². The first-order valence-electron chi connectivity index (χ1n) is 6.12. The fourth-order valence-corrected chi connectivity index (χ4v) is 2.34. The molecule has 1 fully saturated rings. The van der Waals surface area contributed by atoms with Gasteiger partial charge in [0.2, 0.25) is 0 Å². The number of hydrogen-bond acceptors (Lipinski definition) is 3. The predicted molar refractivity (Wildman–Crippen MR) is 64.9 cm³/mol. The number of rotatable bonds is 2. The Morgan fingerprint density at radius 2 is 1.81 bits per heavy atom. The van der Waals surface area contributed by atoms with Crippen LogP contribution in [-0.4, -0.2) is 9.97 Å². The Labute approximate surface area is 97.5 Å². The Morgan fingerprint density at radius 3 is 2.31 bits per heavy atom. The molecule has 0 aromatic carbocycles. The molecular formula is C13H21N3. The average molecular weight is 219 g/mol. The fourth-order valence-electron chi connectivity index (χ4n) is 2.34. The Hall–Kier alpha value is -0.960. The molecule has 16 heavy (non-hydrogen) atoms. The van der Waals surface area contributed by atoms with E-state index in [2.05, 4.69) is 23.8 Å². The Bertz CT molecular complexity index is 333. The lowest BCUT2D eigenvalue weighted by Crippen LogP contribution is -2.21. The molecule has 1 aliphatic rings. The minimum atomic E-state index is 0.508. The highest BCUT2D eigenvalue weighted by molar-refractivity contribution is 5.07. The monoisotopic (exact) mass is 219 g/mol. The van der Waals surface area contributed by atoms with Gasteiger partial charge in [0.25, 0.3) is 0 Å². The second-order valence-corrected chi connectivity index (χ2v) is 5.59. The summed E-state index contributed by atoms with van der Waals surface area (Å²) in [6.45, 7) is 5.22. The Morgan fingerprint density at radius 1 is 1.25 bits per heavy atom. The normalized spacial score (nSPS) is 20.9. The summed E-state index contributed by atoms with van der Waals surface area (Å²) in [5, 5.41) is 0. The van der Waals surface area contributed by atoms with Crippen LogP contribution in [0.1, 0.15) is 56.8 Å². The van der Waals surface area contributed by atoms with E-state index in [4.69, 9.17) is 5.73 Å². The van der Waals surface area contributed by atoms with E-state index in [0.29, 0.717) is 17.9 Å². The van der Waals surface area contributed by atoms with Gasteiger partial charge in [-0.2, -0.15) is 0 Å². The second-order valence-electron chi connectivity index (χ2n) is 5.59. The summed E-state index contributed by atoms with van der Waals surface area (Å²) >= 11 is 0. The molecular weight excluding hydrogens is 198 g/mol. The zero-order valence-corrected chi connectivity index (χ0v) is 10.2. The van der Waals surface area contributed by atoms with Crippen LogP contribution < -0.4 is 5.73 Å². The van der Waals surface area contributed by atoms with E-state index in [0.717, 1.165) is 11.4 Å². The molecule has 0 aliphatic heterocycles. The maximum atomic E-state index is 5.53. The lowest BCUT2D eigenvalue weighted by molar-refractivity contribution is 0.220. The molecule has 0 radical (unpaired) electrons. The van der Waals surface area contributed by atoms with Crippen LogP contribution in [-0.2, 0) is 6.54 Å². The molecule has 0 atom stereocenters. The molecule has 2 rings (SSSR count). The largest absolute Gasteiger partial charge is 0.326 e. The van der Waals surface area contributed by atoms with Gasteiger partial charge in [-0.05, 0) is 31.1 Å². The van der Waals surface area contributed by atoms with Crippen molar-refractivity contribution in [2.75, 3.05) is 0 Å². The van der Waals surface area contributed by atoms with Crippen molar-refractivity contribution >= 4 is 0 Å². The van der Waals surface area contributed by atoms with Crippen molar-refractivity contribution in [3.05, 3.63) is 23.8 Å². The van der Waals surface area contributed by atoms with Crippen molar-refractivity contribution in [2.24, 2.45) is 11.1 Å². The SMILES string of the molecule is CC1(C)CCC(c2ncc(CN)cn2)CC1. The van der Waals surface area contributed by atoms with Gasteiger partial charge in [0.15, 0.2) is 0 Å². The third-order valence-corrected chi connectivity index (χ3v) is 3.67. The highest BCUT2D eigenvalue weighted by Gasteiger charge is 2.28. The van der Waals surface area contributed by atoms with Crippen LogP contribution >= 0.6 is 0 Å². The minimum absolute atomic E-state index is 0.508. The van der Waals surface area contributed by atoms with Crippen molar-refractivity contribution in [1.82, 2.24) is 9.97 Å². The molecule has 1 saturated carbocycles. The van der Waals surface area contributed by atoms with Crippen molar-refractivity contribution < 1.29 is 0 Å². The van der Waals surface area contributed by atoms with E-state index < -0.39 is 0 Å². The first kappa shape index (κ1) is 11.5. The summed E-state index contributed by atoms with van der Waals surface area (Å²) in [7, 11) is 0. The molecule has 0 spiro atoms. The molecule has 1 aliphatic carbocycles. The molecule has 0 amide bonds. The Balaban J connectivity index is 2.03. The molecule has 1 aromatic heterocycles. The molecule has 88 valence electrons. The summed E-state index contributed by atoms with van der Waals surface area (Å²) in [6, 6.07) is 0. The van der Waals surface area contributed by atoms with Crippen molar-refractivity contribution in [3.63, 3.8) is 0 Å². The Kier molecular flexibility index (Phi) is 3.24. The van der Waals surface area contributed by atoms with Gasteiger partial charge >= 0.3 is 0 Å². The standard InChI is InChI=1S/C13H21N3/c1-13(2)5-3-11(4-6-13)12-15-8-10(7-14)9-16-12/h8-9,11H,3-7,14H2,1-2H3. The van der Waals surface area contributed by atoms with Crippen LogP contribution in [0.5, 0.6) is 0 Å².